The van der Waals surface area contributed by atoms with Crippen molar-refractivity contribution >= 4 is 42.2 Å². The van der Waals surface area contributed by atoms with Crippen LogP contribution in [0.5, 0.6) is 0 Å². The molecule has 1 aliphatic rings. The van der Waals surface area contributed by atoms with Crippen LogP contribution in [0.15, 0.2) is 0 Å². The van der Waals surface area contributed by atoms with Crippen molar-refractivity contribution < 1.29 is 29.1 Å². The molecule has 7 N–H and O–H groups in total. The smallest absolute Gasteiger partial charge is 0.322 e. The molecular weight excluding hydrogens is 378 g/mol. The fraction of sp³-hybridized carbons (Fsp3) is 0.667. The highest BCUT2D eigenvalue weighted by Crippen LogP contribution is 2.07. The van der Waals surface area contributed by atoms with Gasteiger partial charge in [0, 0.05) is 12.2 Å². The molecule has 0 spiro atoms. The number of hydrogen-bond acceptors (Lipinski definition) is 7. The molecule has 4 amide bonds. The van der Waals surface area contributed by atoms with Crippen LogP contribution in [0.2, 0.25) is 0 Å². The molecule has 0 aromatic heterocycles. The van der Waals surface area contributed by atoms with Gasteiger partial charge >= 0.3 is 5.97 Å². The van der Waals surface area contributed by atoms with Gasteiger partial charge in [-0.25, -0.2) is 0 Å². The lowest BCUT2D eigenvalue weighted by Crippen LogP contribution is -2.56. The number of amides is 4. The van der Waals surface area contributed by atoms with Gasteiger partial charge in [0.25, 0.3) is 0 Å². The standard InChI is InChI=1S/C15H25N5O6S/c16-11(21)4-3-9(19-14(25)8-2-1-5-17-8)15(26)20-10(7-27)13(24)18-6-12(22)23/h8-10,17,27H,1-7H2,(H2,16,21)(H,18,24)(H,19,25)(H,20,26)(H,22,23). The zero-order chi connectivity index (χ0) is 20.4. The minimum absolute atomic E-state index is 0.0321. The molecule has 1 heterocycles. The summed E-state index contributed by atoms with van der Waals surface area (Å²) in [7, 11) is 0. The number of nitrogens with two attached hydrogens (primary N) is 1. The van der Waals surface area contributed by atoms with E-state index < -0.39 is 48.4 Å². The minimum Gasteiger partial charge on any atom is -0.480 e. The Kier molecular flexibility index (Phi) is 9.58. The van der Waals surface area contributed by atoms with Crippen molar-refractivity contribution in [3.05, 3.63) is 0 Å². The van der Waals surface area contributed by atoms with E-state index in [4.69, 9.17) is 10.8 Å². The van der Waals surface area contributed by atoms with Gasteiger partial charge in [-0.05, 0) is 25.8 Å². The molecule has 11 nitrogen and oxygen atoms in total. The lowest BCUT2D eigenvalue weighted by Gasteiger charge is -2.23. The number of carboxylic acids is 1. The molecule has 1 aliphatic heterocycles. The highest BCUT2D eigenvalue weighted by molar-refractivity contribution is 7.80. The molecule has 0 radical (unpaired) electrons. The van der Waals surface area contributed by atoms with E-state index in [1.807, 2.05) is 0 Å². The number of primary amides is 1. The molecule has 152 valence electrons. The number of aliphatic carboxylic acids is 1. The largest absolute Gasteiger partial charge is 0.480 e. The molecule has 3 atom stereocenters. The Morgan fingerprint density at radius 2 is 1.85 bits per heavy atom. The first-order valence-corrected chi connectivity index (χ1v) is 9.10. The highest BCUT2D eigenvalue weighted by atomic mass is 32.1. The van der Waals surface area contributed by atoms with Crippen molar-refractivity contribution in [3.8, 4) is 0 Å². The second-order valence-electron chi connectivity index (χ2n) is 6.07. The zero-order valence-electron chi connectivity index (χ0n) is 14.7. The van der Waals surface area contributed by atoms with E-state index in [0.717, 1.165) is 6.42 Å². The summed E-state index contributed by atoms with van der Waals surface area (Å²) >= 11 is 3.97. The molecule has 27 heavy (non-hydrogen) atoms. The maximum Gasteiger partial charge on any atom is 0.322 e. The topological polar surface area (TPSA) is 180 Å². The van der Waals surface area contributed by atoms with Crippen LogP contribution < -0.4 is 27.0 Å². The molecule has 3 unspecified atom stereocenters. The first-order chi connectivity index (χ1) is 12.7. The summed E-state index contributed by atoms with van der Waals surface area (Å²) in [6.07, 6.45) is 1.30. The van der Waals surface area contributed by atoms with E-state index in [0.29, 0.717) is 13.0 Å². The van der Waals surface area contributed by atoms with Crippen molar-refractivity contribution in [3.63, 3.8) is 0 Å². The Hall–Kier alpha value is -2.34. The summed E-state index contributed by atoms with van der Waals surface area (Å²) in [6, 6.07) is -2.59. The van der Waals surface area contributed by atoms with Crippen LogP contribution in [-0.2, 0) is 24.0 Å². The molecule has 0 aromatic rings. The lowest BCUT2D eigenvalue weighted by atomic mass is 10.1. The normalized spacial score (nSPS) is 18.2. The van der Waals surface area contributed by atoms with Crippen molar-refractivity contribution in [1.82, 2.24) is 21.3 Å². The van der Waals surface area contributed by atoms with Gasteiger partial charge < -0.3 is 32.1 Å². The van der Waals surface area contributed by atoms with Crippen LogP contribution in [0.3, 0.4) is 0 Å². The van der Waals surface area contributed by atoms with Gasteiger partial charge in [-0.3, -0.25) is 24.0 Å². The summed E-state index contributed by atoms with van der Waals surface area (Å²) in [5.74, 6) is -3.74. The monoisotopic (exact) mass is 403 g/mol. The first-order valence-electron chi connectivity index (χ1n) is 8.47. The Morgan fingerprint density at radius 3 is 2.37 bits per heavy atom. The van der Waals surface area contributed by atoms with Crippen LogP contribution >= 0.6 is 12.6 Å². The fourth-order valence-corrected chi connectivity index (χ4v) is 2.75. The van der Waals surface area contributed by atoms with Crippen LogP contribution in [-0.4, -0.2) is 71.7 Å². The average molecular weight is 403 g/mol. The van der Waals surface area contributed by atoms with Crippen molar-refractivity contribution in [2.75, 3.05) is 18.8 Å². The number of carbonyl (C=O) groups excluding carboxylic acids is 4. The number of nitrogens with one attached hydrogen (secondary N) is 4. The molecule has 0 saturated carbocycles. The Morgan fingerprint density at radius 1 is 1.15 bits per heavy atom. The van der Waals surface area contributed by atoms with Crippen molar-refractivity contribution in [1.29, 1.82) is 0 Å². The second kappa shape index (κ2) is 11.4. The average Bonchev–Trinajstić information content (AvgIpc) is 3.15. The number of hydrogen-bond donors (Lipinski definition) is 7. The predicted molar refractivity (Wildman–Crippen MR) is 97.8 cm³/mol. The molecule has 12 heteroatoms. The van der Waals surface area contributed by atoms with E-state index in [9.17, 15) is 24.0 Å². The SMILES string of the molecule is NC(=O)CCC(NC(=O)C1CCCN1)C(=O)NC(CS)C(=O)NCC(=O)O. The Balaban J connectivity index is 2.71. The van der Waals surface area contributed by atoms with Crippen LogP contribution in [0.4, 0.5) is 0 Å². The molecular formula is C15H25N5O6S. The summed E-state index contributed by atoms with van der Waals surface area (Å²) < 4.78 is 0. The molecule has 0 aromatic carbocycles. The van der Waals surface area contributed by atoms with Gasteiger partial charge in [-0.1, -0.05) is 0 Å². The zero-order valence-corrected chi connectivity index (χ0v) is 15.6. The minimum atomic E-state index is -1.23. The molecule has 0 aliphatic carbocycles. The van der Waals surface area contributed by atoms with Gasteiger partial charge in [0.2, 0.25) is 23.6 Å². The van der Waals surface area contributed by atoms with E-state index in [-0.39, 0.29) is 24.5 Å². The van der Waals surface area contributed by atoms with E-state index in [1.54, 1.807) is 0 Å². The Bertz CT molecular complexity index is 581. The predicted octanol–water partition coefficient (Wildman–Crippen LogP) is -2.90. The van der Waals surface area contributed by atoms with E-state index in [2.05, 4.69) is 33.9 Å². The number of carbonyl (C=O) groups is 5. The van der Waals surface area contributed by atoms with Gasteiger partial charge in [0.05, 0.1) is 6.04 Å². The van der Waals surface area contributed by atoms with E-state index >= 15 is 0 Å². The highest BCUT2D eigenvalue weighted by Gasteiger charge is 2.29. The van der Waals surface area contributed by atoms with Gasteiger partial charge in [0.15, 0.2) is 0 Å². The third-order valence-electron chi connectivity index (χ3n) is 3.92. The lowest BCUT2D eigenvalue weighted by molar-refractivity contribution is -0.138. The van der Waals surface area contributed by atoms with Crippen molar-refractivity contribution in [2.45, 2.75) is 43.8 Å². The maximum atomic E-state index is 12.5. The summed E-state index contributed by atoms with van der Waals surface area (Å²) in [5, 5.41) is 18.7. The quantitative estimate of drug-likeness (QED) is 0.181. The van der Waals surface area contributed by atoms with Crippen LogP contribution in [0.25, 0.3) is 0 Å². The molecule has 1 saturated heterocycles. The number of rotatable bonds is 11. The van der Waals surface area contributed by atoms with Gasteiger partial charge in [-0.2, -0.15) is 12.6 Å². The maximum absolute atomic E-state index is 12.5. The first kappa shape index (κ1) is 22.7. The number of thiol groups is 1. The Labute approximate surface area is 161 Å². The van der Waals surface area contributed by atoms with Crippen LogP contribution in [0, 0.1) is 0 Å². The summed E-state index contributed by atoms with van der Waals surface area (Å²) in [6.45, 7) is 0.0931. The number of carboxylic acid groups (broad SMARTS) is 1. The summed E-state index contributed by atoms with van der Waals surface area (Å²) in [4.78, 5) is 58.2. The third kappa shape index (κ3) is 8.26. The summed E-state index contributed by atoms with van der Waals surface area (Å²) in [5.41, 5.74) is 5.11. The molecule has 1 rings (SSSR count). The second-order valence-corrected chi connectivity index (χ2v) is 6.44. The van der Waals surface area contributed by atoms with Crippen molar-refractivity contribution in [2.24, 2.45) is 5.73 Å². The molecule has 0 bridgehead atoms. The van der Waals surface area contributed by atoms with Gasteiger partial charge in [0.1, 0.15) is 18.6 Å². The molecule has 1 fully saturated rings. The third-order valence-corrected chi connectivity index (χ3v) is 4.28. The van der Waals surface area contributed by atoms with E-state index in [1.165, 1.54) is 0 Å². The van der Waals surface area contributed by atoms with Crippen LogP contribution in [0.1, 0.15) is 25.7 Å². The fourth-order valence-electron chi connectivity index (χ4n) is 2.49. The van der Waals surface area contributed by atoms with Gasteiger partial charge in [-0.15, -0.1) is 0 Å².